The first-order valence-electron chi connectivity index (χ1n) is 12.7. The molecule has 1 aromatic carbocycles. The van der Waals surface area contributed by atoms with Crippen molar-refractivity contribution in [1.29, 1.82) is 0 Å². The second-order valence-corrected chi connectivity index (χ2v) is 11.0. The molecule has 9 heteroatoms. The highest BCUT2D eigenvalue weighted by Crippen LogP contribution is 2.51. The van der Waals surface area contributed by atoms with Crippen LogP contribution < -0.4 is 0 Å². The molecule has 0 bridgehead atoms. The van der Waals surface area contributed by atoms with Crippen LogP contribution in [0.3, 0.4) is 0 Å². The summed E-state index contributed by atoms with van der Waals surface area (Å²) in [5, 5.41) is 22.3. The van der Waals surface area contributed by atoms with E-state index >= 15 is 0 Å². The number of hydrogen-bond acceptors (Lipinski definition) is 7. The molecule has 0 amide bonds. The molecule has 0 radical (unpaired) electrons. The van der Waals surface area contributed by atoms with Crippen molar-refractivity contribution in [2.24, 2.45) is 29.1 Å². The maximum absolute atomic E-state index is 13.3. The second kappa shape index (κ2) is 11.3. The molecular weight excluding hydrogens is 464 g/mol. The summed E-state index contributed by atoms with van der Waals surface area (Å²) in [6.07, 6.45) is 7.85. The van der Waals surface area contributed by atoms with Crippen molar-refractivity contribution < 1.29 is 24.2 Å². The number of carbonyl (C=O) groups excluding carboxylic acids is 2. The predicted octanol–water partition coefficient (Wildman–Crippen LogP) is 6.44. The summed E-state index contributed by atoms with van der Waals surface area (Å²) in [6.45, 7) is 8.56. The average Bonchev–Trinajstić information content (AvgIpc) is 3.16. The highest BCUT2D eigenvalue weighted by Gasteiger charge is 2.46. The first-order valence-corrected chi connectivity index (χ1v) is 12.7. The topological polar surface area (TPSA) is 130 Å². The number of non-ortho nitro benzene ring substituents is 2. The van der Waals surface area contributed by atoms with E-state index in [2.05, 4.69) is 33.8 Å². The lowest BCUT2D eigenvalue weighted by Gasteiger charge is -2.40. The molecule has 3 rings (SSSR count). The lowest BCUT2D eigenvalue weighted by molar-refractivity contribution is -0.394. The fourth-order valence-electron chi connectivity index (χ4n) is 6.03. The van der Waals surface area contributed by atoms with Gasteiger partial charge in [0.2, 0.25) is 0 Å². The number of benzene rings is 1. The first-order chi connectivity index (χ1) is 16.9. The highest BCUT2D eigenvalue weighted by atomic mass is 16.6. The van der Waals surface area contributed by atoms with Crippen LogP contribution in [0, 0.1) is 49.3 Å². The molecule has 9 nitrogen and oxygen atoms in total. The Bertz CT molecular complexity index is 1030. The van der Waals surface area contributed by atoms with Gasteiger partial charge in [0, 0.05) is 24.0 Å². The third-order valence-corrected chi connectivity index (χ3v) is 8.18. The Morgan fingerprint density at radius 2 is 1.72 bits per heavy atom. The number of nitro benzene ring substituents is 2. The van der Waals surface area contributed by atoms with Gasteiger partial charge < -0.3 is 4.74 Å². The molecule has 196 valence electrons. The van der Waals surface area contributed by atoms with E-state index in [1.54, 1.807) is 0 Å². The van der Waals surface area contributed by atoms with Gasteiger partial charge in [-0.3, -0.25) is 25.0 Å². The quantitative estimate of drug-likeness (QED) is 0.174. The van der Waals surface area contributed by atoms with E-state index in [9.17, 15) is 29.8 Å². The van der Waals surface area contributed by atoms with Crippen LogP contribution in [0.1, 0.15) is 83.0 Å². The number of nitro groups is 2. The largest absolute Gasteiger partial charge is 0.462 e. The van der Waals surface area contributed by atoms with Gasteiger partial charge in [-0.15, -0.1) is 0 Å². The number of carbonyl (C=O) groups is 2. The molecule has 0 unspecified atom stereocenters. The molecule has 5 atom stereocenters. The van der Waals surface area contributed by atoms with E-state index in [1.807, 2.05) is 0 Å². The van der Waals surface area contributed by atoms with Crippen LogP contribution in [0.4, 0.5) is 11.4 Å². The molecule has 0 spiro atoms. The van der Waals surface area contributed by atoms with Crippen LogP contribution in [0.2, 0.25) is 0 Å². The molecule has 0 aromatic heterocycles. The first kappa shape index (κ1) is 27.5. The van der Waals surface area contributed by atoms with Crippen LogP contribution in [0.5, 0.6) is 0 Å². The lowest BCUT2D eigenvalue weighted by Crippen LogP contribution is -2.38. The Kier molecular flexibility index (Phi) is 8.63. The monoisotopic (exact) mass is 500 g/mol. The van der Waals surface area contributed by atoms with Gasteiger partial charge in [0.05, 0.1) is 28.1 Å². The molecule has 0 saturated heterocycles. The summed E-state index contributed by atoms with van der Waals surface area (Å²) < 4.78 is 5.55. The number of hydrogen-bond donors (Lipinski definition) is 0. The van der Waals surface area contributed by atoms with Gasteiger partial charge in [-0.1, -0.05) is 31.9 Å². The van der Waals surface area contributed by atoms with E-state index in [1.165, 1.54) is 5.57 Å². The maximum atomic E-state index is 13.3. The van der Waals surface area contributed by atoms with Crippen LogP contribution in [0.25, 0.3) is 0 Å². The molecule has 1 aromatic rings. The van der Waals surface area contributed by atoms with Crippen LogP contribution >= 0.6 is 0 Å². The number of ether oxygens (including phenoxy) is 1. The van der Waals surface area contributed by atoms with E-state index in [4.69, 9.17) is 4.74 Å². The number of esters is 1. The van der Waals surface area contributed by atoms with E-state index < -0.39 is 27.2 Å². The minimum absolute atomic E-state index is 0.00358. The Labute approximate surface area is 211 Å². The fraction of sp³-hybridized carbons (Fsp3) is 0.630. The Hall–Kier alpha value is -3.10. The molecule has 2 aliphatic rings. The zero-order chi connectivity index (χ0) is 26.6. The average molecular weight is 501 g/mol. The zero-order valence-corrected chi connectivity index (χ0v) is 21.5. The molecule has 0 heterocycles. The number of ketones is 1. The Morgan fingerprint density at radius 1 is 1.08 bits per heavy atom. The van der Waals surface area contributed by atoms with Gasteiger partial charge in [0.15, 0.2) is 0 Å². The summed E-state index contributed by atoms with van der Waals surface area (Å²) >= 11 is 0. The van der Waals surface area contributed by atoms with Crippen molar-refractivity contribution in [2.45, 2.75) is 72.6 Å². The van der Waals surface area contributed by atoms with Gasteiger partial charge in [-0.05, 0) is 69.6 Å². The molecule has 2 fully saturated rings. The van der Waals surface area contributed by atoms with Crippen molar-refractivity contribution in [3.63, 3.8) is 0 Å². The summed E-state index contributed by atoms with van der Waals surface area (Å²) in [4.78, 5) is 46.8. The third kappa shape index (κ3) is 6.36. The number of fused-ring (bicyclic) bond motifs is 1. The van der Waals surface area contributed by atoms with E-state index in [0.717, 1.165) is 50.3 Å². The number of rotatable bonds is 8. The minimum Gasteiger partial charge on any atom is -0.462 e. The van der Waals surface area contributed by atoms with Gasteiger partial charge in [-0.2, -0.15) is 0 Å². The van der Waals surface area contributed by atoms with Crippen molar-refractivity contribution in [1.82, 2.24) is 0 Å². The standard InChI is InChI=1S/C27H36N2O7/c1-17(2)6-5-11-27(4)15-24-18(3)7-9-23(24)19(8-10-25(27)30)16-36-26(31)20-12-21(28(32)33)14-22(13-20)29(34)35/h6,12-14,18-19,23-24H,5,7-11,15-16H2,1-4H3/t18-,19+,23+,24+,27+/m1/s1. The second-order valence-electron chi connectivity index (χ2n) is 11.0. The summed E-state index contributed by atoms with van der Waals surface area (Å²) in [7, 11) is 0. The molecule has 2 saturated carbocycles. The molecular formula is C27H36N2O7. The summed E-state index contributed by atoms with van der Waals surface area (Å²) in [5.74, 6) is 0.582. The van der Waals surface area contributed by atoms with Crippen LogP contribution in [-0.2, 0) is 9.53 Å². The van der Waals surface area contributed by atoms with Gasteiger partial charge >= 0.3 is 5.97 Å². The zero-order valence-electron chi connectivity index (χ0n) is 21.5. The van der Waals surface area contributed by atoms with E-state index in [-0.39, 0.29) is 29.3 Å². The van der Waals surface area contributed by atoms with Crippen molar-refractivity contribution in [3.05, 3.63) is 55.6 Å². The predicted molar refractivity (Wildman–Crippen MR) is 135 cm³/mol. The van der Waals surface area contributed by atoms with Gasteiger partial charge in [-0.25, -0.2) is 4.79 Å². The molecule has 0 N–H and O–H groups in total. The third-order valence-electron chi connectivity index (χ3n) is 8.18. The number of nitrogens with zero attached hydrogens (tertiary/aromatic N) is 2. The normalized spacial score (nSPS) is 27.9. The minimum atomic E-state index is -0.829. The Morgan fingerprint density at radius 3 is 2.31 bits per heavy atom. The maximum Gasteiger partial charge on any atom is 0.338 e. The van der Waals surface area contributed by atoms with Crippen molar-refractivity contribution in [2.75, 3.05) is 6.61 Å². The van der Waals surface area contributed by atoms with Crippen molar-refractivity contribution in [3.8, 4) is 0 Å². The highest BCUT2D eigenvalue weighted by molar-refractivity contribution is 5.91. The fourth-order valence-corrected chi connectivity index (χ4v) is 6.03. The summed E-state index contributed by atoms with van der Waals surface area (Å²) in [6, 6.07) is 2.81. The smallest absolute Gasteiger partial charge is 0.338 e. The van der Waals surface area contributed by atoms with Crippen LogP contribution in [0.15, 0.2) is 29.8 Å². The van der Waals surface area contributed by atoms with Crippen molar-refractivity contribution >= 4 is 23.1 Å². The number of allylic oxidation sites excluding steroid dienone is 2. The van der Waals surface area contributed by atoms with Gasteiger partial charge in [0.25, 0.3) is 11.4 Å². The van der Waals surface area contributed by atoms with E-state index in [0.29, 0.717) is 30.6 Å². The SMILES string of the molecule is CC(C)=CCC[C@@]1(C)C[C@@H]2[C@@H](CC[C@H]2C)[C@H](COC(=O)c2cc([N+](=O)[O-])cc([N+](=O)[O-])c2)CCC1=O. The van der Waals surface area contributed by atoms with Gasteiger partial charge in [0.1, 0.15) is 5.78 Å². The number of Topliss-reactive ketones (excluding diaryl/α,β-unsaturated/α-hetero) is 1. The molecule has 0 aliphatic heterocycles. The summed E-state index contributed by atoms with van der Waals surface area (Å²) in [5.41, 5.74) is -0.410. The van der Waals surface area contributed by atoms with Crippen LogP contribution in [-0.4, -0.2) is 28.2 Å². The Balaban J connectivity index is 1.75. The lowest BCUT2D eigenvalue weighted by atomic mass is 9.64. The molecule has 2 aliphatic carbocycles. The molecule has 36 heavy (non-hydrogen) atoms.